The minimum Gasteiger partial charge on any atom is -0.465 e. The Balaban J connectivity index is 4.33. The zero-order valence-corrected chi connectivity index (χ0v) is 13.4. The van der Waals surface area contributed by atoms with Gasteiger partial charge in [-0.1, -0.05) is 20.8 Å². The Morgan fingerprint density at radius 3 is 2.42 bits per heavy atom. The Hall–Kier alpha value is -0.610. The second kappa shape index (κ2) is 11.2. The molecule has 2 atom stereocenters. The zero-order chi connectivity index (χ0) is 14.7. The lowest BCUT2D eigenvalue weighted by Crippen LogP contribution is -2.43. The fraction of sp³-hybridized carbons (Fsp3) is 0.933. The van der Waals surface area contributed by atoms with Crippen molar-refractivity contribution in [2.24, 2.45) is 0 Å². The van der Waals surface area contributed by atoms with Crippen LogP contribution < -0.4 is 5.32 Å². The number of nitrogens with one attached hydrogen (secondary N) is 1. The van der Waals surface area contributed by atoms with Gasteiger partial charge in [-0.25, -0.2) is 0 Å². The van der Waals surface area contributed by atoms with Crippen LogP contribution in [0.1, 0.15) is 53.9 Å². The van der Waals surface area contributed by atoms with Crippen molar-refractivity contribution in [2.45, 2.75) is 66.0 Å². The van der Waals surface area contributed by atoms with Gasteiger partial charge in [-0.05, 0) is 46.2 Å². The van der Waals surface area contributed by atoms with Gasteiger partial charge in [0.1, 0.15) is 6.04 Å². The quantitative estimate of drug-likeness (QED) is 0.587. The number of ether oxygens (including phenoxy) is 1. The van der Waals surface area contributed by atoms with Crippen molar-refractivity contribution in [2.75, 3.05) is 26.2 Å². The Labute approximate surface area is 118 Å². The molecule has 19 heavy (non-hydrogen) atoms. The van der Waals surface area contributed by atoms with E-state index in [4.69, 9.17) is 4.74 Å². The van der Waals surface area contributed by atoms with E-state index in [9.17, 15) is 4.79 Å². The summed E-state index contributed by atoms with van der Waals surface area (Å²) in [6, 6.07) is 0.400. The number of rotatable bonds is 11. The molecule has 0 fully saturated rings. The third-order valence-electron chi connectivity index (χ3n) is 3.54. The maximum absolute atomic E-state index is 11.9. The van der Waals surface area contributed by atoms with E-state index in [0.717, 1.165) is 38.9 Å². The van der Waals surface area contributed by atoms with Crippen molar-refractivity contribution < 1.29 is 9.53 Å². The smallest absolute Gasteiger partial charge is 0.323 e. The van der Waals surface area contributed by atoms with Crippen LogP contribution in [-0.2, 0) is 9.53 Å². The van der Waals surface area contributed by atoms with Gasteiger partial charge in [-0.2, -0.15) is 0 Å². The van der Waals surface area contributed by atoms with Crippen LogP contribution >= 0.6 is 0 Å². The summed E-state index contributed by atoms with van der Waals surface area (Å²) in [7, 11) is 0. The van der Waals surface area contributed by atoms with Crippen LogP contribution in [0, 0.1) is 0 Å². The van der Waals surface area contributed by atoms with Crippen molar-refractivity contribution in [1.82, 2.24) is 10.2 Å². The van der Waals surface area contributed by atoms with E-state index in [2.05, 4.69) is 37.9 Å². The van der Waals surface area contributed by atoms with Gasteiger partial charge >= 0.3 is 5.97 Å². The lowest BCUT2D eigenvalue weighted by molar-refractivity contribution is -0.146. The van der Waals surface area contributed by atoms with Gasteiger partial charge in [0.15, 0.2) is 0 Å². The molecule has 0 amide bonds. The molecule has 0 spiro atoms. The third kappa shape index (κ3) is 7.53. The first-order valence-corrected chi connectivity index (χ1v) is 7.74. The van der Waals surface area contributed by atoms with Crippen LogP contribution in [0.25, 0.3) is 0 Å². The van der Waals surface area contributed by atoms with Gasteiger partial charge < -0.3 is 15.0 Å². The molecule has 1 N–H and O–H groups in total. The van der Waals surface area contributed by atoms with Crippen molar-refractivity contribution in [3.63, 3.8) is 0 Å². The minimum absolute atomic E-state index is 0.115. The molecule has 0 aromatic rings. The van der Waals surface area contributed by atoms with Crippen LogP contribution in [0.2, 0.25) is 0 Å². The predicted octanol–water partition coefficient (Wildman–Crippen LogP) is 2.43. The molecule has 4 nitrogen and oxygen atoms in total. The van der Waals surface area contributed by atoms with E-state index in [0.29, 0.717) is 12.6 Å². The highest BCUT2D eigenvalue weighted by atomic mass is 16.5. The Kier molecular flexibility index (Phi) is 10.9. The van der Waals surface area contributed by atoms with Gasteiger partial charge in [0.25, 0.3) is 0 Å². The molecule has 0 aromatic carbocycles. The highest BCUT2D eigenvalue weighted by molar-refractivity contribution is 5.75. The molecular formula is C15H32N2O2. The second-order valence-electron chi connectivity index (χ2n) is 4.93. The largest absolute Gasteiger partial charge is 0.465 e. The van der Waals surface area contributed by atoms with Crippen molar-refractivity contribution in [1.29, 1.82) is 0 Å². The van der Waals surface area contributed by atoms with Gasteiger partial charge in [0.05, 0.1) is 6.61 Å². The summed E-state index contributed by atoms with van der Waals surface area (Å²) in [6.07, 6.45) is 2.98. The molecule has 0 saturated carbocycles. The van der Waals surface area contributed by atoms with E-state index in [-0.39, 0.29) is 12.0 Å². The SMILES string of the molecule is CCCNC(CCN(CC)C(C)CC)C(=O)OCC. The molecule has 0 aliphatic carbocycles. The summed E-state index contributed by atoms with van der Waals surface area (Å²) in [5, 5.41) is 3.29. The van der Waals surface area contributed by atoms with E-state index >= 15 is 0 Å². The highest BCUT2D eigenvalue weighted by Crippen LogP contribution is 2.06. The molecule has 114 valence electrons. The van der Waals surface area contributed by atoms with E-state index in [1.54, 1.807) is 0 Å². The Morgan fingerprint density at radius 1 is 1.26 bits per heavy atom. The lowest BCUT2D eigenvalue weighted by atomic mass is 10.1. The van der Waals surface area contributed by atoms with Gasteiger partial charge in [-0.15, -0.1) is 0 Å². The fourth-order valence-corrected chi connectivity index (χ4v) is 2.11. The zero-order valence-electron chi connectivity index (χ0n) is 13.4. The number of carbonyl (C=O) groups excluding carboxylic acids is 1. The standard InChI is InChI=1S/C15H32N2O2/c1-6-11-16-14(15(18)19-9-4)10-12-17(8-3)13(5)7-2/h13-14,16H,6-12H2,1-5H3. The molecule has 0 heterocycles. The fourth-order valence-electron chi connectivity index (χ4n) is 2.11. The average Bonchev–Trinajstić information content (AvgIpc) is 2.42. The van der Waals surface area contributed by atoms with Crippen LogP contribution in [0.4, 0.5) is 0 Å². The maximum Gasteiger partial charge on any atom is 0.323 e. The molecule has 0 saturated heterocycles. The summed E-state index contributed by atoms with van der Waals surface area (Å²) >= 11 is 0. The van der Waals surface area contributed by atoms with Gasteiger partial charge in [0.2, 0.25) is 0 Å². The van der Waals surface area contributed by atoms with Crippen molar-refractivity contribution >= 4 is 5.97 Å². The molecule has 0 aliphatic heterocycles. The second-order valence-corrected chi connectivity index (χ2v) is 4.93. The Bertz CT molecular complexity index is 234. The normalized spacial score (nSPS) is 14.4. The van der Waals surface area contributed by atoms with Crippen molar-refractivity contribution in [3.05, 3.63) is 0 Å². The summed E-state index contributed by atoms with van der Waals surface area (Å²) in [5.74, 6) is -0.115. The molecule has 0 aliphatic rings. The monoisotopic (exact) mass is 272 g/mol. The minimum atomic E-state index is -0.169. The van der Waals surface area contributed by atoms with Gasteiger partial charge in [-0.3, -0.25) is 4.79 Å². The van der Waals surface area contributed by atoms with E-state index in [1.165, 1.54) is 0 Å². The van der Waals surface area contributed by atoms with E-state index in [1.807, 2.05) is 6.92 Å². The van der Waals surface area contributed by atoms with Crippen molar-refractivity contribution in [3.8, 4) is 0 Å². The first-order valence-electron chi connectivity index (χ1n) is 7.74. The third-order valence-corrected chi connectivity index (χ3v) is 3.54. The first kappa shape index (κ1) is 18.4. The van der Waals surface area contributed by atoms with E-state index < -0.39 is 0 Å². The molecular weight excluding hydrogens is 240 g/mol. The molecule has 0 radical (unpaired) electrons. The molecule has 0 rings (SSSR count). The average molecular weight is 272 g/mol. The highest BCUT2D eigenvalue weighted by Gasteiger charge is 2.20. The van der Waals surface area contributed by atoms with Crippen LogP contribution in [0.5, 0.6) is 0 Å². The van der Waals surface area contributed by atoms with Crippen LogP contribution in [-0.4, -0.2) is 49.2 Å². The summed E-state index contributed by atoms with van der Waals surface area (Å²) in [6.45, 7) is 13.8. The predicted molar refractivity (Wildman–Crippen MR) is 80.3 cm³/mol. The van der Waals surface area contributed by atoms with Crippen LogP contribution in [0.3, 0.4) is 0 Å². The number of nitrogens with zero attached hydrogens (tertiary/aromatic N) is 1. The number of hydrogen-bond acceptors (Lipinski definition) is 4. The number of carbonyl (C=O) groups is 1. The first-order chi connectivity index (χ1) is 9.10. The number of esters is 1. The molecule has 0 bridgehead atoms. The molecule has 0 aromatic heterocycles. The summed E-state index contributed by atoms with van der Waals surface area (Å²) < 4.78 is 5.13. The lowest BCUT2D eigenvalue weighted by Gasteiger charge is -2.28. The molecule has 2 unspecified atom stereocenters. The number of hydrogen-bond donors (Lipinski definition) is 1. The maximum atomic E-state index is 11.9. The van der Waals surface area contributed by atoms with Crippen LogP contribution in [0.15, 0.2) is 0 Å². The summed E-state index contributed by atoms with van der Waals surface area (Å²) in [4.78, 5) is 14.3. The topological polar surface area (TPSA) is 41.6 Å². The van der Waals surface area contributed by atoms with Gasteiger partial charge in [0, 0.05) is 12.6 Å². The molecule has 4 heteroatoms. The summed E-state index contributed by atoms with van der Waals surface area (Å²) in [5.41, 5.74) is 0. The Morgan fingerprint density at radius 2 is 1.95 bits per heavy atom.